The van der Waals surface area contributed by atoms with Crippen molar-refractivity contribution in [2.24, 2.45) is 0 Å². The van der Waals surface area contributed by atoms with E-state index in [1.165, 1.54) is 0 Å². The molecule has 0 aromatic carbocycles. The number of rotatable bonds is 0. The molecule has 0 bridgehead atoms. The van der Waals surface area contributed by atoms with Crippen LogP contribution in [0.5, 0.6) is 0 Å². The molecule has 4 heavy (non-hydrogen) atoms. The molecule has 0 spiro atoms. The molecule has 24 valence electrons. The molecule has 0 saturated heterocycles. The fraction of sp³-hybridized carbons (Fsp3) is 0. The van der Waals surface area contributed by atoms with Gasteiger partial charge in [0.05, 0.1) is 0 Å². The van der Waals surface area contributed by atoms with E-state index in [1.54, 1.807) is 0 Å². The van der Waals surface area contributed by atoms with Crippen molar-refractivity contribution in [2.45, 2.75) is 0 Å². The second-order valence-electron chi connectivity index (χ2n) is 0.250. The standard InChI is InChI=1S/C3H4.ClH/c1-3-2;/h1-2H2;1H. The van der Waals surface area contributed by atoms with E-state index in [1.807, 2.05) is 0 Å². The zero-order valence-electron chi connectivity index (χ0n) is 2.32. The number of hydrogen-bond donors (Lipinski definition) is 0. The highest BCUT2D eigenvalue weighted by Crippen LogP contribution is 1.16. The summed E-state index contributed by atoms with van der Waals surface area (Å²) in [4.78, 5) is 0. The minimum absolute atomic E-state index is 0. The summed E-state index contributed by atoms with van der Waals surface area (Å²) in [5, 5.41) is 0. The van der Waals surface area contributed by atoms with E-state index in [0.29, 0.717) is 0 Å². The summed E-state index contributed by atoms with van der Waals surface area (Å²) in [7, 11) is 0. The fourth-order valence-corrected chi connectivity index (χ4v) is 0. The summed E-state index contributed by atoms with van der Waals surface area (Å²) in [6.45, 7) is 6.25. The van der Waals surface area contributed by atoms with Crippen LogP contribution in [-0.2, 0) is 0 Å². The maximum atomic E-state index is 3.12. The highest BCUT2D eigenvalue weighted by atomic mass is 35.5. The normalized spacial score (nSPS) is 2.00. The van der Waals surface area contributed by atoms with Crippen LogP contribution in [0.2, 0.25) is 0 Å². The van der Waals surface area contributed by atoms with Gasteiger partial charge in [-0.3, -0.25) is 0 Å². The van der Waals surface area contributed by atoms with Crippen LogP contribution in [0.4, 0.5) is 0 Å². The largest absolute Gasteiger partial charge is 0.147 e. The molecule has 0 aromatic heterocycles. The van der Waals surface area contributed by atoms with Crippen molar-refractivity contribution >= 4 is 12.4 Å². The molecule has 0 atom stereocenters. The average molecular weight is 76.5 g/mol. The van der Waals surface area contributed by atoms with Gasteiger partial charge in [0.25, 0.3) is 0 Å². The first-order valence-corrected chi connectivity index (χ1v) is 0.707. The molecule has 0 aliphatic carbocycles. The topological polar surface area (TPSA) is 0 Å². The van der Waals surface area contributed by atoms with Gasteiger partial charge in [0.2, 0.25) is 0 Å². The van der Waals surface area contributed by atoms with E-state index in [4.69, 9.17) is 0 Å². The van der Waals surface area contributed by atoms with Gasteiger partial charge in [-0.15, -0.1) is 18.1 Å². The summed E-state index contributed by atoms with van der Waals surface area (Å²) >= 11 is 0. The van der Waals surface area contributed by atoms with Crippen molar-refractivity contribution in [1.82, 2.24) is 0 Å². The van der Waals surface area contributed by atoms with Gasteiger partial charge >= 0.3 is 0 Å². The first-order chi connectivity index (χ1) is 1.41. The van der Waals surface area contributed by atoms with Gasteiger partial charge in [0.1, 0.15) is 0 Å². The molecule has 0 rings (SSSR count). The second-order valence-corrected chi connectivity index (χ2v) is 0.250. The summed E-state index contributed by atoms with van der Waals surface area (Å²) in [5.41, 5.74) is 2.25. The van der Waals surface area contributed by atoms with Crippen LogP contribution >= 0.6 is 12.4 Å². The second kappa shape index (κ2) is 14.0. The van der Waals surface area contributed by atoms with Crippen LogP contribution in [-0.4, -0.2) is 0 Å². The lowest BCUT2D eigenvalue weighted by Crippen LogP contribution is -0.844. The number of halogens is 1. The molecule has 0 aromatic rings. The van der Waals surface area contributed by atoms with Gasteiger partial charge in [0, 0.05) is 0 Å². The van der Waals surface area contributed by atoms with Gasteiger partial charge in [0.15, 0.2) is 0 Å². The van der Waals surface area contributed by atoms with Crippen LogP contribution in [0.1, 0.15) is 0 Å². The van der Waals surface area contributed by atoms with Crippen molar-refractivity contribution in [1.29, 1.82) is 0 Å². The van der Waals surface area contributed by atoms with Crippen LogP contribution in [0, 0.1) is 0 Å². The predicted molar refractivity (Wildman–Crippen MR) is 22.0 cm³/mol. The summed E-state index contributed by atoms with van der Waals surface area (Å²) in [6, 6.07) is 0. The van der Waals surface area contributed by atoms with Gasteiger partial charge in [-0.1, -0.05) is 13.2 Å². The molecule has 0 nitrogen and oxygen atoms in total. The summed E-state index contributed by atoms with van der Waals surface area (Å²) in [5.74, 6) is 0. The third-order valence-corrected chi connectivity index (χ3v) is 0. The molecule has 0 amide bonds. The molecule has 1 heteroatoms. The smallest absolute Gasteiger partial charge is 0.0572 e. The Kier molecular flexibility index (Phi) is 32.2. The molecular formula is C3H5Cl. The molecule has 0 aliphatic rings. The van der Waals surface area contributed by atoms with Gasteiger partial charge in [-0.25, -0.2) is 0 Å². The lowest BCUT2D eigenvalue weighted by molar-refractivity contribution is 2.51. The van der Waals surface area contributed by atoms with Crippen LogP contribution in [0.25, 0.3) is 0 Å². The van der Waals surface area contributed by atoms with Gasteiger partial charge in [-0.2, -0.15) is 0 Å². The Labute approximate surface area is 32.2 Å². The van der Waals surface area contributed by atoms with E-state index in [9.17, 15) is 0 Å². The third-order valence-electron chi connectivity index (χ3n) is 0. The monoisotopic (exact) mass is 76.0 g/mol. The Morgan fingerprint density at radius 2 is 1.25 bits per heavy atom. The summed E-state index contributed by atoms with van der Waals surface area (Å²) in [6.07, 6.45) is 0. The zero-order chi connectivity index (χ0) is 2.71. The minimum atomic E-state index is 0. The maximum absolute atomic E-state index is 3.12. The van der Waals surface area contributed by atoms with E-state index in [-0.39, 0.29) is 12.4 Å². The maximum Gasteiger partial charge on any atom is -0.0572 e. The lowest BCUT2D eigenvalue weighted by atomic mass is 11.0. The Hall–Kier alpha value is -0.190. The van der Waals surface area contributed by atoms with Crippen molar-refractivity contribution in [2.75, 3.05) is 0 Å². The lowest BCUT2D eigenvalue weighted by Gasteiger charge is -1.10. The van der Waals surface area contributed by atoms with E-state index < -0.39 is 0 Å². The van der Waals surface area contributed by atoms with Crippen LogP contribution in [0.3, 0.4) is 0 Å². The SMILES string of the molecule is C=C=C.Cl. The van der Waals surface area contributed by atoms with Gasteiger partial charge < -0.3 is 0 Å². The molecule has 0 unspecified atom stereocenters. The zero-order valence-corrected chi connectivity index (χ0v) is 3.14. The highest BCUT2D eigenvalue weighted by molar-refractivity contribution is 5.85. The Morgan fingerprint density at radius 3 is 1.25 bits per heavy atom. The van der Waals surface area contributed by atoms with Crippen molar-refractivity contribution in [3.05, 3.63) is 18.9 Å². The van der Waals surface area contributed by atoms with Crippen molar-refractivity contribution in [3.8, 4) is 0 Å². The molecule has 0 heterocycles. The molecule has 0 fully saturated rings. The molecule has 0 radical (unpaired) electrons. The van der Waals surface area contributed by atoms with E-state index in [0.717, 1.165) is 0 Å². The Morgan fingerprint density at radius 1 is 1.25 bits per heavy atom. The van der Waals surface area contributed by atoms with Crippen LogP contribution in [0.15, 0.2) is 18.9 Å². The van der Waals surface area contributed by atoms with E-state index >= 15 is 0 Å². The fourth-order valence-electron chi connectivity index (χ4n) is 0. The molecule has 0 aliphatic heterocycles. The molecule has 0 N–H and O–H groups in total. The van der Waals surface area contributed by atoms with Gasteiger partial charge in [-0.05, 0) is 0 Å². The van der Waals surface area contributed by atoms with Crippen LogP contribution < -0.4 is 0 Å². The third kappa shape index (κ3) is 32.9. The van der Waals surface area contributed by atoms with Crippen molar-refractivity contribution < 1.29 is 0 Å². The van der Waals surface area contributed by atoms with E-state index in [2.05, 4.69) is 18.9 Å². The summed E-state index contributed by atoms with van der Waals surface area (Å²) < 4.78 is 0. The first kappa shape index (κ1) is 9.18. The highest BCUT2D eigenvalue weighted by Gasteiger charge is 0.904. The van der Waals surface area contributed by atoms with Crippen molar-refractivity contribution in [3.63, 3.8) is 0 Å². The molecule has 0 saturated carbocycles. The average Bonchev–Trinajstić information content (AvgIpc) is 0.918. The Bertz CT molecular complexity index is 24.3. The first-order valence-electron chi connectivity index (χ1n) is 0.707. The Balaban J connectivity index is 0. The molecular weight excluding hydrogens is 71.5 g/mol. The number of hydrogen-bond acceptors (Lipinski definition) is 0. The quantitative estimate of drug-likeness (QED) is 0.383. The minimum Gasteiger partial charge on any atom is -0.147 e. The predicted octanol–water partition coefficient (Wildman–Crippen LogP) is 1.38.